The topological polar surface area (TPSA) is 63.1 Å². The van der Waals surface area contributed by atoms with Gasteiger partial charge in [-0.3, -0.25) is 4.79 Å². The van der Waals surface area contributed by atoms with Crippen molar-refractivity contribution in [3.05, 3.63) is 24.3 Å². The molecule has 4 heteroatoms. The van der Waals surface area contributed by atoms with E-state index in [-0.39, 0.29) is 0 Å². The minimum Gasteiger partial charge on any atom is -0.481 e. The van der Waals surface area contributed by atoms with Gasteiger partial charge in [-0.25, -0.2) is 9.97 Å². The highest BCUT2D eigenvalue weighted by Gasteiger charge is 2.47. The largest absolute Gasteiger partial charge is 0.481 e. The molecule has 1 fully saturated rings. The smallest absolute Gasteiger partial charge is 0.310 e. The fourth-order valence-corrected chi connectivity index (χ4v) is 1.86. The Morgan fingerprint density at radius 3 is 2.60 bits per heavy atom. The number of carbonyl (C=O) groups is 1. The molecule has 0 radical (unpaired) electrons. The van der Waals surface area contributed by atoms with Crippen molar-refractivity contribution in [2.24, 2.45) is 11.3 Å². The number of rotatable bonds is 4. The van der Waals surface area contributed by atoms with E-state index in [1.54, 1.807) is 25.4 Å². The third-order valence-electron chi connectivity index (χ3n) is 3.11. The zero-order chi connectivity index (χ0) is 10.9. The van der Waals surface area contributed by atoms with Gasteiger partial charge in [-0.2, -0.15) is 0 Å². The van der Waals surface area contributed by atoms with Crippen LogP contribution in [0.25, 0.3) is 0 Å². The van der Waals surface area contributed by atoms with E-state index in [9.17, 15) is 9.90 Å². The number of carboxylic acid groups (broad SMARTS) is 1. The maximum absolute atomic E-state index is 11.3. The van der Waals surface area contributed by atoms with Crippen molar-refractivity contribution in [3.8, 4) is 0 Å². The van der Waals surface area contributed by atoms with Crippen LogP contribution in [0, 0.1) is 11.3 Å². The van der Waals surface area contributed by atoms with E-state index in [1.165, 1.54) is 0 Å². The van der Waals surface area contributed by atoms with Crippen molar-refractivity contribution < 1.29 is 9.90 Å². The highest BCUT2D eigenvalue weighted by molar-refractivity contribution is 5.75. The Labute approximate surface area is 88.4 Å². The summed E-state index contributed by atoms with van der Waals surface area (Å²) in [5, 5.41) is 9.25. The van der Waals surface area contributed by atoms with E-state index >= 15 is 0 Å². The summed E-state index contributed by atoms with van der Waals surface area (Å²) in [5.41, 5.74) is -0.693. The van der Waals surface area contributed by atoms with Crippen LogP contribution in [0.3, 0.4) is 0 Å². The first-order valence-electron chi connectivity index (χ1n) is 5.12. The quantitative estimate of drug-likeness (QED) is 0.811. The van der Waals surface area contributed by atoms with E-state index in [0.717, 1.165) is 12.8 Å². The summed E-state index contributed by atoms with van der Waals surface area (Å²) in [7, 11) is 0. The summed E-state index contributed by atoms with van der Waals surface area (Å²) in [6, 6.07) is 1.73. The van der Waals surface area contributed by atoms with Gasteiger partial charge in [0, 0.05) is 18.8 Å². The zero-order valence-corrected chi connectivity index (χ0v) is 8.68. The van der Waals surface area contributed by atoms with Crippen molar-refractivity contribution in [2.75, 3.05) is 0 Å². The molecule has 1 unspecified atom stereocenters. The molecule has 0 spiro atoms. The number of aromatic nitrogens is 2. The van der Waals surface area contributed by atoms with E-state index < -0.39 is 11.4 Å². The lowest BCUT2D eigenvalue weighted by Gasteiger charge is -2.23. The van der Waals surface area contributed by atoms with E-state index in [0.29, 0.717) is 18.2 Å². The Morgan fingerprint density at radius 2 is 2.13 bits per heavy atom. The van der Waals surface area contributed by atoms with Gasteiger partial charge in [0.15, 0.2) is 0 Å². The minimum absolute atomic E-state index is 0.291. The number of hydrogen-bond acceptors (Lipinski definition) is 3. The van der Waals surface area contributed by atoms with Crippen LogP contribution in [0.5, 0.6) is 0 Å². The van der Waals surface area contributed by atoms with Gasteiger partial charge in [0.25, 0.3) is 0 Å². The summed E-state index contributed by atoms with van der Waals surface area (Å²) < 4.78 is 0. The van der Waals surface area contributed by atoms with E-state index in [4.69, 9.17) is 0 Å². The summed E-state index contributed by atoms with van der Waals surface area (Å²) >= 11 is 0. The van der Waals surface area contributed by atoms with Crippen molar-refractivity contribution in [1.82, 2.24) is 9.97 Å². The Kier molecular flexibility index (Phi) is 2.42. The fraction of sp³-hybridized carbons (Fsp3) is 0.545. The molecule has 1 aromatic rings. The van der Waals surface area contributed by atoms with Crippen LogP contribution in [-0.2, 0) is 11.2 Å². The standard InChI is InChI=1S/C11H14N2O2/c1-11(10(14)15,8-3-4-8)7-9-12-5-2-6-13-9/h2,5-6,8H,3-4,7H2,1H3,(H,14,15). The first-order chi connectivity index (χ1) is 7.13. The minimum atomic E-state index is -0.738. The maximum atomic E-state index is 11.3. The average Bonchev–Trinajstić information content (AvgIpc) is 3.02. The first-order valence-corrected chi connectivity index (χ1v) is 5.12. The molecule has 0 aliphatic heterocycles. The van der Waals surface area contributed by atoms with Crippen LogP contribution in [0.2, 0.25) is 0 Å². The van der Waals surface area contributed by atoms with E-state index in [1.807, 2.05) is 0 Å². The lowest BCUT2D eigenvalue weighted by atomic mass is 9.81. The number of nitrogens with zero attached hydrogens (tertiary/aromatic N) is 2. The van der Waals surface area contributed by atoms with Gasteiger partial charge in [-0.15, -0.1) is 0 Å². The van der Waals surface area contributed by atoms with E-state index in [2.05, 4.69) is 9.97 Å². The molecule has 1 aliphatic rings. The van der Waals surface area contributed by atoms with Crippen LogP contribution in [0.15, 0.2) is 18.5 Å². The summed E-state index contributed by atoms with van der Waals surface area (Å²) in [6.45, 7) is 1.80. The molecule has 1 aromatic heterocycles. The monoisotopic (exact) mass is 206 g/mol. The first kappa shape index (κ1) is 10.1. The summed E-state index contributed by atoms with van der Waals surface area (Å²) in [4.78, 5) is 19.4. The number of carboxylic acids is 1. The number of aliphatic carboxylic acids is 1. The van der Waals surface area contributed by atoms with Crippen molar-refractivity contribution >= 4 is 5.97 Å². The predicted molar refractivity (Wildman–Crippen MR) is 54.2 cm³/mol. The zero-order valence-electron chi connectivity index (χ0n) is 8.68. The Morgan fingerprint density at radius 1 is 1.53 bits per heavy atom. The van der Waals surface area contributed by atoms with Crippen LogP contribution in [0.4, 0.5) is 0 Å². The number of hydrogen-bond donors (Lipinski definition) is 1. The van der Waals surface area contributed by atoms with Gasteiger partial charge in [0.05, 0.1) is 5.41 Å². The normalized spacial score (nSPS) is 19.5. The maximum Gasteiger partial charge on any atom is 0.310 e. The SMILES string of the molecule is CC(Cc1ncccn1)(C(=O)O)C1CC1. The highest BCUT2D eigenvalue weighted by atomic mass is 16.4. The molecule has 15 heavy (non-hydrogen) atoms. The van der Waals surface area contributed by atoms with Crippen LogP contribution in [0.1, 0.15) is 25.6 Å². The van der Waals surface area contributed by atoms with Crippen LogP contribution < -0.4 is 0 Å². The second-order valence-electron chi connectivity index (χ2n) is 4.34. The lowest BCUT2D eigenvalue weighted by Crippen LogP contribution is -2.33. The molecule has 0 aromatic carbocycles. The fourth-order valence-electron chi connectivity index (χ4n) is 1.86. The molecule has 1 saturated carbocycles. The second-order valence-corrected chi connectivity index (χ2v) is 4.34. The second kappa shape index (κ2) is 3.61. The molecule has 80 valence electrons. The Balaban J connectivity index is 2.17. The van der Waals surface area contributed by atoms with Gasteiger partial charge in [0.2, 0.25) is 0 Å². The predicted octanol–water partition coefficient (Wildman–Crippen LogP) is 1.52. The third-order valence-corrected chi connectivity index (χ3v) is 3.11. The average molecular weight is 206 g/mol. The van der Waals surface area contributed by atoms with Crippen LogP contribution in [-0.4, -0.2) is 21.0 Å². The molecule has 4 nitrogen and oxygen atoms in total. The van der Waals surface area contributed by atoms with Gasteiger partial charge >= 0.3 is 5.97 Å². The Hall–Kier alpha value is -1.45. The molecule has 0 amide bonds. The molecule has 2 rings (SSSR count). The van der Waals surface area contributed by atoms with Gasteiger partial charge in [0.1, 0.15) is 5.82 Å². The van der Waals surface area contributed by atoms with Crippen molar-refractivity contribution in [3.63, 3.8) is 0 Å². The lowest BCUT2D eigenvalue weighted by molar-refractivity contribution is -0.149. The molecule has 1 aliphatic carbocycles. The molecule has 1 heterocycles. The van der Waals surface area contributed by atoms with Crippen LogP contribution >= 0.6 is 0 Å². The molecular formula is C11H14N2O2. The van der Waals surface area contributed by atoms with Gasteiger partial charge in [-0.1, -0.05) is 0 Å². The highest BCUT2D eigenvalue weighted by Crippen LogP contribution is 2.47. The molecular weight excluding hydrogens is 192 g/mol. The summed E-state index contributed by atoms with van der Waals surface area (Å²) in [5.74, 6) is 0.172. The molecule has 0 bridgehead atoms. The third kappa shape index (κ3) is 1.98. The van der Waals surface area contributed by atoms with Gasteiger partial charge in [-0.05, 0) is 31.7 Å². The Bertz CT molecular complexity index is 362. The van der Waals surface area contributed by atoms with Crippen molar-refractivity contribution in [1.29, 1.82) is 0 Å². The molecule has 1 atom stereocenters. The van der Waals surface area contributed by atoms with Crippen molar-refractivity contribution in [2.45, 2.75) is 26.2 Å². The molecule has 0 saturated heterocycles. The van der Waals surface area contributed by atoms with Gasteiger partial charge < -0.3 is 5.11 Å². The summed E-state index contributed by atoms with van der Waals surface area (Å²) in [6.07, 6.45) is 5.74. The molecule has 1 N–H and O–H groups in total.